The number of hydrogen-bond donors (Lipinski definition) is 1. The minimum Gasteiger partial charge on any atom is -0.464 e. The van der Waals surface area contributed by atoms with Gasteiger partial charge in [0.25, 0.3) is 0 Å². The zero-order chi connectivity index (χ0) is 26.7. The summed E-state index contributed by atoms with van der Waals surface area (Å²) in [5.41, 5.74) is 0. The van der Waals surface area contributed by atoms with Crippen LogP contribution in [0, 0.1) is 0 Å². The van der Waals surface area contributed by atoms with Crippen molar-refractivity contribution in [1.29, 1.82) is 0 Å². The van der Waals surface area contributed by atoms with Crippen LogP contribution >= 0.6 is 0 Å². The molecule has 18 heteroatoms. The Morgan fingerprint density at radius 2 is 1.24 bits per heavy atom. The maximum absolute atomic E-state index is 14.0. The van der Waals surface area contributed by atoms with Gasteiger partial charge in [0.05, 0.1) is 13.7 Å². The molecule has 0 aromatic carbocycles. The number of hydrogen-bond acceptors (Lipinski definition) is 4. The molecule has 0 bridgehead atoms. The zero-order valence-electron chi connectivity index (χ0n) is 16.5. The summed E-state index contributed by atoms with van der Waals surface area (Å²) in [6.07, 6.45) is -11.9. The van der Waals surface area contributed by atoms with E-state index in [1.807, 2.05) is 0 Å². The van der Waals surface area contributed by atoms with Gasteiger partial charge in [-0.15, -0.1) is 0 Å². The summed E-state index contributed by atoms with van der Waals surface area (Å²) in [6, 6.07) is -2.98. The summed E-state index contributed by atoms with van der Waals surface area (Å²) in [5, 5.41) is 1.16. The van der Waals surface area contributed by atoms with Crippen molar-refractivity contribution in [2.75, 3.05) is 13.7 Å². The van der Waals surface area contributed by atoms with Gasteiger partial charge in [0, 0.05) is 6.42 Å². The molecular weight excluding hydrogens is 505 g/mol. The standard InChI is InChI=1S/C15H16F13NO4/c1-3-4-5-33-8(30)7(29-9(31)32-2)6-10(16,17)11(18,19)12(20,21)13(22,23)14(24,25)15(26,27)28/h7H,3-6H2,1-2H3,(H,29,31). The topological polar surface area (TPSA) is 64.6 Å². The van der Waals surface area contributed by atoms with Gasteiger partial charge < -0.3 is 14.8 Å². The van der Waals surface area contributed by atoms with Crippen LogP contribution in [0.5, 0.6) is 0 Å². The highest BCUT2D eigenvalue weighted by atomic mass is 19.4. The number of alkyl halides is 13. The molecule has 0 aromatic heterocycles. The summed E-state index contributed by atoms with van der Waals surface area (Å²) in [6.45, 7) is 0.967. The zero-order valence-corrected chi connectivity index (χ0v) is 16.5. The number of halogens is 13. The summed E-state index contributed by atoms with van der Waals surface area (Å²) in [7, 11) is 0.565. The van der Waals surface area contributed by atoms with Crippen LogP contribution in [0.3, 0.4) is 0 Å². The minimum absolute atomic E-state index is 0.0556. The molecule has 0 saturated heterocycles. The number of esters is 1. The van der Waals surface area contributed by atoms with Crippen LogP contribution in [0.2, 0.25) is 0 Å². The predicted molar refractivity (Wildman–Crippen MR) is 80.6 cm³/mol. The molecule has 196 valence electrons. The van der Waals surface area contributed by atoms with Crippen LogP contribution in [0.25, 0.3) is 0 Å². The molecule has 0 aliphatic rings. The van der Waals surface area contributed by atoms with Gasteiger partial charge in [-0.25, -0.2) is 9.59 Å². The summed E-state index contributed by atoms with van der Waals surface area (Å²) >= 11 is 0. The summed E-state index contributed by atoms with van der Waals surface area (Å²) in [5.74, 6) is -40.1. The second-order valence-corrected chi connectivity index (χ2v) is 6.41. The van der Waals surface area contributed by atoms with Gasteiger partial charge in [0.15, 0.2) is 0 Å². The van der Waals surface area contributed by atoms with Gasteiger partial charge in [-0.05, 0) is 6.42 Å². The van der Waals surface area contributed by atoms with Gasteiger partial charge in [-0.3, -0.25) is 0 Å². The third kappa shape index (κ3) is 5.85. The lowest BCUT2D eigenvalue weighted by molar-refractivity contribution is -0.440. The van der Waals surface area contributed by atoms with Gasteiger partial charge >= 0.3 is 47.9 Å². The number of unbranched alkanes of at least 4 members (excludes halogenated alkanes) is 1. The molecule has 0 aliphatic carbocycles. The fourth-order valence-electron chi connectivity index (χ4n) is 2.00. The number of ether oxygens (including phenoxy) is 2. The molecule has 0 fully saturated rings. The first-order chi connectivity index (χ1) is 14.5. The normalized spacial score (nSPS) is 15.1. The molecule has 5 nitrogen and oxygen atoms in total. The Hall–Kier alpha value is -2.17. The Labute approximate surface area is 176 Å². The number of amides is 1. The second kappa shape index (κ2) is 9.99. The summed E-state index contributed by atoms with van der Waals surface area (Å²) in [4.78, 5) is 22.9. The molecule has 0 rings (SSSR count). The van der Waals surface area contributed by atoms with E-state index in [0.717, 1.165) is 5.32 Å². The van der Waals surface area contributed by atoms with Crippen molar-refractivity contribution in [2.24, 2.45) is 0 Å². The quantitative estimate of drug-likeness (QED) is 0.231. The molecular formula is C15H16F13NO4. The van der Waals surface area contributed by atoms with Crippen molar-refractivity contribution >= 4 is 12.1 Å². The maximum atomic E-state index is 14.0. The molecule has 1 amide bonds. The van der Waals surface area contributed by atoms with E-state index in [-0.39, 0.29) is 6.42 Å². The van der Waals surface area contributed by atoms with E-state index in [4.69, 9.17) is 0 Å². The number of methoxy groups -OCH3 is 1. The van der Waals surface area contributed by atoms with Crippen molar-refractivity contribution in [1.82, 2.24) is 5.32 Å². The van der Waals surface area contributed by atoms with Gasteiger partial charge in [-0.1, -0.05) is 13.3 Å². The van der Waals surface area contributed by atoms with Crippen LogP contribution in [0.4, 0.5) is 61.9 Å². The lowest BCUT2D eigenvalue weighted by Gasteiger charge is -2.40. The van der Waals surface area contributed by atoms with E-state index in [0.29, 0.717) is 13.5 Å². The Morgan fingerprint density at radius 3 is 1.64 bits per heavy atom. The smallest absolute Gasteiger partial charge is 0.460 e. The van der Waals surface area contributed by atoms with Gasteiger partial charge in [0.1, 0.15) is 6.04 Å². The summed E-state index contributed by atoms with van der Waals surface area (Å²) < 4.78 is 179. The first-order valence-electron chi connectivity index (χ1n) is 8.52. The predicted octanol–water partition coefficient (Wildman–Crippen LogP) is 5.18. The molecule has 0 aromatic rings. The van der Waals surface area contributed by atoms with E-state index < -0.39 is 66.9 Å². The largest absolute Gasteiger partial charge is 0.464 e. The molecule has 1 unspecified atom stereocenters. The lowest BCUT2D eigenvalue weighted by Crippen LogP contribution is -2.70. The average Bonchev–Trinajstić information content (AvgIpc) is 2.65. The highest BCUT2D eigenvalue weighted by molar-refractivity contribution is 5.81. The second-order valence-electron chi connectivity index (χ2n) is 6.41. The van der Waals surface area contributed by atoms with Gasteiger partial charge in [0.2, 0.25) is 0 Å². The molecule has 1 atom stereocenters. The van der Waals surface area contributed by atoms with E-state index >= 15 is 0 Å². The van der Waals surface area contributed by atoms with Crippen LogP contribution in [0.1, 0.15) is 26.2 Å². The number of carbonyl (C=O) groups is 2. The third-order valence-electron chi connectivity index (χ3n) is 3.96. The maximum Gasteiger partial charge on any atom is 0.460 e. The van der Waals surface area contributed by atoms with Crippen molar-refractivity contribution in [3.63, 3.8) is 0 Å². The molecule has 0 radical (unpaired) electrons. The molecule has 0 aliphatic heterocycles. The number of carbonyl (C=O) groups excluding carboxylic acids is 2. The van der Waals surface area contributed by atoms with E-state index in [1.54, 1.807) is 0 Å². The van der Waals surface area contributed by atoms with Crippen LogP contribution in [-0.4, -0.2) is 67.6 Å². The Bertz CT molecular complexity index is 694. The van der Waals surface area contributed by atoms with Crippen molar-refractivity contribution < 1.29 is 76.1 Å². The Kier molecular flexibility index (Phi) is 9.33. The van der Waals surface area contributed by atoms with Crippen LogP contribution in [-0.2, 0) is 14.3 Å². The molecule has 0 heterocycles. The van der Waals surface area contributed by atoms with Crippen molar-refractivity contribution in [2.45, 2.75) is 68.0 Å². The van der Waals surface area contributed by atoms with E-state index in [2.05, 4.69) is 9.47 Å². The Balaban J connectivity index is 6.22. The SMILES string of the molecule is CCCCOC(=O)C(CC(F)(F)C(F)(F)C(F)(F)C(F)(F)C(F)(F)C(F)(F)F)NC(=O)OC. The van der Waals surface area contributed by atoms with Gasteiger partial charge in [-0.2, -0.15) is 57.1 Å². The molecule has 33 heavy (non-hydrogen) atoms. The van der Waals surface area contributed by atoms with Crippen molar-refractivity contribution in [3.8, 4) is 0 Å². The average molecular weight is 521 g/mol. The number of nitrogens with one attached hydrogen (secondary N) is 1. The van der Waals surface area contributed by atoms with Crippen molar-refractivity contribution in [3.05, 3.63) is 0 Å². The first kappa shape index (κ1) is 30.8. The Morgan fingerprint density at radius 1 is 0.788 bits per heavy atom. The van der Waals surface area contributed by atoms with Crippen LogP contribution in [0.15, 0.2) is 0 Å². The van der Waals surface area contributed by atoms with Crippen LogP contribution < -0.4 is 5.32 Å². The molecule has 1 N–H and O–H groups in total. The molecule has 0 spiro atoms. The highest BCUT2D eigenvalue weighted by Gasteiger charge is 2.90. The number of rotatable bonds is 11. The van der Waals surface area contributed by atoms with E-state index in [9.17, 15) is 66.7 Å². The monoisotopic (exact) mass is 521 g/mol. The fourth-order valence-corrected chi connectivity index (χ4v) is 2.00. The molecule has 0 saturated carbocycles. The minimum atomic E-state index is -8.07. The number of alkyl carbamates (subject to hydrolysis) is 1. The fraction of sp³-hybridized carbons (Fsp3) is 0.867. The first-order valence-corrected chi connectivity index (χ1v) is 8.52. The van der Waals surface area contributed by atoms with E-state index in [1.165, 1.54) is 6.92 Å². The highest BCUT2D eigenvalue weighted by Crippen LogP contribution is 2.60. The lowest BCUT2D eigenvalue weighted by atomic mass is 9.91. The third-order valence-corrected chi connectivity index (χ3v) is 3.96.